The second-order valence-corrected chi connectivity index (χ2v) is 4.60. The van der Waals surface area contributed by atoms with Gasteiger partial charge in [0.1, 0.15) is 5.01 Å². The van der Waals surface area contributed by atoms with Crippen LogP contribution in [0.1, 0.15) is 17.9 Å². The Labute approximate surface area is 84.5 Å². The maximum atomic E-state index is 9.31. The topological polar surface area (TPSA) is 33.1 Å². The third-order valence-electron chi connectivity index (χ3n) is 1.70. The molecule has 2 heterocycles. The molecule has 1 unspecified atom stereocenters. The van der Waals surface area contributed by atoms with E-state index in [9.17, 15) is 5.11 Å². The highest BCUT2D eigenvalue weighted by molar-refractivity contribution is 7.15. The van der Waals surface area contributed by atoms with Crippen molar-refractivity contribution in [2.75, 3.05) is 0 Å². The number of aliphatic hydroxyl groups is 1. The van der Waals surface area contributed by atoms with Crippen LogP contribution in [0.15, 0.2) is 23.0 Å². The summed E-state index contributed by atoms with van der Waals surface area (Å²) in [5.41, 5.74) is 1.14. The van der Waals surface area contributed by atoms with Crippen molar-refractivity contribution in [2.24, 2.45) is 0 Å². The van der Waals surface area contributed by atoms with Crippen LogP contribution in [-0.4, -0.2) is 10.1 Å². The Morgan fingerprint density at radius 3 is 2.92 bits per heavy atom. The van der Waals surface area contributed by atoms with E-state index in [1.165, 1.54) is 0 Å². The van der Waals surface area contributed by atoms with Crippen molar-refractivity contribution < 1.29 is 5.11 Å². The zero-order valence-electron chi connectivity index (χ0n) is 7.10. The molecule has 0 aliphatic heterocycles. The van der Waals surface area contributed by atoms with E-state index in [0.717, 1.165) is 15.4 Å². The molecule has 2 aromatic rings. The summed E-state index contributed by atoms with van der Waals surface area (Å²) >= 11 is 3.20. The van der Waals surface area contributed by atoms with Crippen LogP contribution in [0.4, 0.5) is 0 Å². The van der Waals surface area contributed by atoms with E-state index in [-0.39, 0.29) is 0 Å². The van der Waals surface area contributed by atoms with Gasteiger partial charge < -0.3 is 5.11 Å². The van der Waals surface area contributed by atoms with Crippen molar-refractivity contribution in [1.29, 1.82) is 0 Å². The molecule has 0 bridgehead atoms. The number of hydrogen-bond donors (Lipinski definition) is 1. The first kappa shape index (κ1) is 8.87. The molecule has 0 amide bonds. The zero-order chi connectivity index (χ0) is 9.26. The fourth-order valence-electron chi connectivity index (χ4n) is 0.999. The number of thiophene rings is 1. The second kappa shape index (κ2) is 3.57. The summed E-state index contributed by atoms with van der Waals surface area (Å²) in [4.78, 5) is 5.16. The van der Waals surface area contributed by atoms with Gasteiger partial charge in [0.2, 0.25) is 0 Å². The number of aliphatic hydroxyl groups excluding tert-OH is 1. The molecule has 0 aromatic carbocycles. The number of nitrogens with zero attached hydrogens (tertiary/aromatic N) is 1. The van der Waals surface area contributed by atoms with E-state index in [1.54, 1.807) is 35.8 Å². The summed E-state index contributed by atoms with van der Waals surface area (Å²) in [6, 6.07) is 2.04. The Morgan fingerprint density at radius 2 is 2.38 bits per heavy atom. The Morgan fingerprint density at radius 1 is 1.54 bits per heavy atom. The van der Waals surface area contributed by atoms with Gasteiger partial charge in [0.05, 0.1) is 11.0 Å². The van der Waals surface area contributed by atoms with Crippen LogP contribution in [0.3, 0.4) is 0 Å². The smallest absolute Gasteiger partial charge is 0.124 e. The molecule has 0 saturated carbocycles. The molecule has 0 saturated heterocycles. The SMILES string of the molecule is CC(O)c1cnc(-c2ccsc2)s1. The molecule has 1 N–H and O–H groups in total. The highest BCUT2D eigenvalue weighted by Crippen LogP contribution is 2.29. The highest BCUT2D eigenvalue weighted by atomic mass is 32.1. The van der Waals surface area contributed by atoms with Gasteiger partial charge in [-0.15, -0.1) is 11.3 Å². The fraction of sp³-hybridized carbons (Fsp3) is 0.222. The molecular formula is C9H9NOS2. The van der Waals surface area contributed by atoms with Crippen LogP contribution in [0.25, 0.3) is 10.6 Å². The second-order valence-electron chi connectivity index (χ2n) is 2.76. The lowest BCUT2D eigenvalue weighted by Gasteiger charge is -1.95. The zero-order valence-corrected chi connectivity index (χ0v) is 8.73. The maximum absolute atomic E-state index is 9.31. The molecule has 13 heavy (non-hydrogen) atoms. The molecular weight excluding hydrogens is 202 g/mol. The quantitative estimate of drug-likeness (QED) is 0.828. The predicted octanol–water partition coefficient (Wildman–Crippen LogP) is 2.92. The molecule has 2 aromatic heterocycles. The minimum atomic E-state index is -0.412. The van der Waals surface area contributed by atoms with Crippen LogP contribution in [0.5, 0.6) is 0 Å². The average molecular weight is 211 g/mol. The fourth-order valence-corrected chi connectivity index (χ4v) is 2.56. The van der Waals surface area contributed by atoms with Crippen molar-refractivity contribution in [3.05, 3.63) is 27.9 Å². The van der Waals surface area contributed by atoms with E-state index in [4.69, 9.17) is 0 Å². The van der Waals surface area contributed by atoms with Crippen LogP contribution in [0.2, 0.25) is 0 Å². The van der Waals surface area contributed by atoms with E-state index in [2.05, 4.69) is 10.4 Å². The molecule has 0 spiro atoms. The standard InChI is InChI=1S/C9H9NOS2/c1-6(11)8-4-10-9(13-8)7-2-3-12-5-7/h2-6,11H,1H3. The first-order chi connectivity index (χ1) is 6.27. The lowest BCUT2D eigenvalue weighted by atomic mass is 10.3. The Balaban J connectivity index is 2.33. The summed E-state index contributed by atoms with van der Waals surface area (Å²) in [6.45, 7) is 1.75. The van der Waals surface area contributed by atoms with Crippen LogP contribution >= 0.6 is 22.7 Å². The molecule has 1 atom stereocenters. The van der Waals surface area contributed by atoms with E-state index in [0.29, 0.717) is 0 Å². The van der Waals surface area contributed by atoms with Crippen molar-refractivity contribution >= 4 is 22.7 Å². The molecule has 0 radical (unpaired) electrons. The summed E-state index contributed by atoms with van der Waals surface area (Å²) in [7, 11) is 0. The van der Waals surface area contributed by atoms with Gasteiger partial charge in [-0.05, 0) is 18.4 Å². The molecule has 68 valence electrons. The monoisotopic (exact) mass is 211 g/mol. The van der Waals surface area contributed by atoms with Gasteiger partial charge in [-0.25, -0.2) is 4.98 Å². The van der Waals surface area contributed by atoms with Gasteiger partial charge >= 0.3 is 0 Å². The lowest BCUT2D eigenvalue weighted by Crippen LogP contribution is -1.83. The molecule has 0 aliphatic rings. The minimum Gasteiger partial charge on any atom is -0.388 e. The van der Waals surface area contributed by atoms with Gasteiger partial charge in [0.15, 0.2) is 0 Å². The first-order valence-electron chi connectivity index (χ1n) is 3.94. The first-order valence-corrected chi connectivity index (χ1v) is 5.69. The molecule has 2 nitrogen and oxygen atoms in total. The lowest BCUT2D eigenvalue weighted by molar-refractivity contribution is 0.203. The summed E-state index contributed by atoms with van der Waals surface area (Å²) in [5.74, 6) is 0. The van der Waals surface area contributed by atoms with Crippen molar-refractivity contribution in [1.82, 2.24) is 4.98 Å². The van der Waals surface area contributed by atoms with Crippen LogP contribution in [0, 0.1) is 0 Å². The number of thiazole rings is 1. The molecule has 4 heteroatoms. The number of rotatable bonds is 2. The summed E-state index contributed by atoms with van der Waals surface area (Å²) in [5, 5.41) is 14.4. The maximum Gasteiger partial charge on any atom is 0.124 e. The van der Waals surface area contributed by atoms with Crippen molar-refractivity contribution in [3.63, 3.8) is 0 Å². The Kier molecular flexibility index (Phi) is 2.44. The van der Waals surface area contributed by atoms with Gasteiger partial charge in [0.25, 0.3) is 0 Å². The largest absolute Gasteiger partial charge is 0.388 e. The van der Waals surface area contributed by atoms with Gasteiger partial charge in [-0.3, -0.25) is 0 Å². The van der Waals surface area contributed by atoms with Gasteiger partial charge in [-0.1, -0.05) is 0 Å². The van der Waals surface area contributed by atoms with Crippen molar-refractivity contribution in [3.8, 4) is 10.6 Å². The summed E-state index contributed by atoms with van der Waals surface area (Å²) in [6.07, 6.45) is 1.33. The average Bonchev–Trinajstić information content (AvgIpc) is 2.75. The third-order valence-corrected chi connectivity index (χ3v) is 3.60. The number of aromatic nitrogens is 1. The number of hydrogen-bond acceptors (Lipinski definition) is 4. The van der Waals surface area contributed by atoms with E-state index >= 15 is 0 Å². The van der Waals surface area contributed by atoms with Gasteiger partial charge in [0, 0.05) is 17.1 Å². The van der Waals surface area contributed by atoms with E-state index < -0.39 is 6.10 Å². The highest BCUT2D eigenvalue weighted by Gasteiger charge is 2.07. The van der Waals surface area contributed by atoms with Crippen LogP contribution < -0.4 is 0 Å². The van der Waals surface area contributed by atoms with Gasteiger partial charge in [-0.2, -0.15) is 11.3 Å². The van der Waals surface area contributed by atoms with E-state index in [1.807, 2.05) is 11.4 Å². The minimum absolute atomic E-state index is 0.412. The molecule has 0 fully saturated rings. The van der Waals surface area contributed by atoms with Crippen molar-refractivity contribution in [2.45, 2.75) is 13.0 Å². The molecule has 0 aliphatic carbocycles. The Hall–Kier alpha value is -0.710. The Bertz CT molecular complexity index is 378. The third kappa shape index (κ3) is 1.80. The van der Waals surface area contributed by atoms with Crippen LogP contribution in [-0.2, 0) is 0 Å². The molecule has 2 rings (SSSR count). The normalized spacial score (nSPS) is 13.1. The predicted molar refractivity (Wildman–Crippen MR) is 56.1 cm³/mol. The summed E-state index contributed by atoms with van der Waals surface area (Å²) < 4.78 is 0.